The number of nitrogens with zero attached hydrogens (tertiary/aromatic N) is 1. The number of benzene rings is 2. The molecule has 0 aliphatic heterocycles. The normalized spacial score (nSPS) is 10.2. The van der Waals surface area contributed by atoms with E-state index in [4.69, 9.17) is 4.74 Å². The number of non-ortho nitro benzene ring substituents is 1. The van der Waals surface area contributed by atoms with E-state index in [2.05, 4.69) is 21.2 Å². The second-order valence-electron chi connectivity index (χ2n) is 4.24. The van der Waals surface area contributed by atoms with Crippen molar-refractivity contribution in [2.75, 3.05) is 12.4 Å². The molecular formula is C14H13BrN2O4. The van der Waals surface area contributed by atoms with Crippen LogP contribution in [0.4, 0.5) is 11.4 Å². The first kappa shape index (κ1) is 15.1. The Morgan fingerprint density at radius 3 is 2.76 bits per heavy atom. The zero-order valence-electron chi connectivity index (χ0n) is 11.2. The summed E-state index contributed by atoms with van der Waals surface area (Å²) < 4.78 is 5.62. The molecule has 2 aromatic rings. The Labute approximate surface area is 129 Å². The fourth-order valence-corrected chi connectivity index (χ4v) is 2.33. The molecule has 6 nitrogen and oxygen atoms in total. The van der Waals surface area contributed by atoms with Crippen molar-refractivity contribution < 1.29 is 14.8 Å². The number of hydrogen-bond donors (Lipinski definition) is 2. The largest absolute Gasteiger partial charge is 0.504 e. The Kier molecular flexibility index (Phi) is 4.64. The van der Waals surface area contributed by atoms with Crippen LogP contribution in [-0.4, -0.2) is 17.1 Å². The van der Waals surface area contributed by atoms with Gasteiger partial charge in [-0.25, -0.2) is 0 Å². The molecule has 0 aliphatic rings. The van der Waals surface area contributed by atoms with Crippen molar-refractivity contribution in [3.63, 3.8) is 0 Å². The Morgan fingerprint density at radius 1 is 1.38 bits per heavy atom. The van der Waals surface area contributed by atoms with E-state index in [1.807, 2.05) is 0 Å². The summed E-state index contributed by atoms with van der Waals surface area (Å²) in [5, 5.41) is 23.8. The molecule has 0 fully saturated rings. The van der Waals surface area contributed by atoms with Gasteiger partial charge in [0.2, 0.25) is 0 Å². The van der Waals surface area contributed by atoms with Gasteiger partial charge in [-0.2, -0.15) is 0 Å². The summed E-state index contributed by atoms with van der Waals surface area (Å²) in [7, 11) is 1.49. The van der Waals surface area contributed by atoms with Crippen molar-refractivity contribution in [3.8, 4) is 11.5 Å². The number of phenols is 1. The molecule has 2 N–H and O–H groups in total. The molecule has 0 atom stereocenters. The summed E-state index contributed by atoms with van der Waals surface area (Å²) in [4.78, 5) is 10.2. The molecule has 0 bridgehead atoms. The number of aromatic hydroxyl groups is 1. The standard InChI is InChI=1S/C14H13BrN2O4/c1-21-13-4-2-3-9(14(13)18)8-16-12-6-5-10(17(19)20)7-11(12)15/h2-7,16,18H,8H2,1H3. The average molecular weight is 353 g/mol. The van der Waals surface area contributed by atoms with Gasteiger partial charge in [-0.1, -0.05) is 12.1 Å². The topological polar surface area (TPSA) is 84.6 Å². The van der Waals surface area contributed by atoms with Gasteiger partial charge in [0.05, 0.1) is 12.0 Å². The maximum absolute atomic E-state index is 10.7. The number of nitro benzene ring substituents is 1. The molecule has 2 aromatic carbocycles. The van der Waals surface area contributed by atoms with Crippen molar-refractivity contribution >= 4 is 27.3 Å². The van der Waals surface area contributed by atoms with E-state index in [0.717, 1.165) is 0 Å². The van der Waals surface area contributed by atoms with Gasteiger partial charge in [-0.05, 0) is 28.1 Å². The van der Waals surface area contributed by atoms with Crippen molar-refractivity contribution in [1.82, 2.24) is 0 Å². The molecule has 0 saturated heterocycles. The molecule has 0 amide bonds. The minimum atomic E-state index is -0.456. The van der Waals surface area contributed by atoms with Gasteiger partial charge < -0.3 is 15.2 Å². The first-order valence-corrected chi connectivity index (χ1v) is 6.85. The summed E-state index contributed by atoms with van der Waals surface area (Å²) in [6.45, 7) is 0.361. The number of methoxy groups -OCH3 is 1. The number of halogens is 1. The van der Waals surface area contributed by atoms with Crippen LogP contribution in [0.3, 0.4) is 0 Å². The number of anilines is 1. The Balaban J connectivity index is 2.15. The van der Waals surface area contributed by atoms with Crippen molar-refractivity contribution in [2.45, 2.75) is 6.54 Å². The van der Waals surface area contributed by atoms with E-state index in [-0.39, 0.29) is 11.4 Å². The molecule has 0 unspecified atom stereocenters. The Morgan fingerprint density at radius 2 is 2.14 bits per heavy atom. The molecule has 0 radical (unpaired) electrons. The lowest BCUT2D eigenvalue weighted by molar-refractivity contribution is -0.384. The third-order valence-corrected chi connectivity index (χ3v) is 3.59. The third-order valence-electron chi connectivity index (χ3n) is 2.94. The van der Waals surface area contributed by atoms with Crippen LogP contribution in [0.15, 0.2) is 40.9 Å². The van der Waals surface area contributed by atoms with Gasteiger partial charge >= 0.3 is 0 Å². The van der Waals surface area contributed by atoms with Crippen LogP contribution in [-0.2, 0) is 6.54 Å². The highest BCUT2D eigenvalue weighted by molar-refractivity contribution is 9.10. The summed E-state index contributed by atoms with van der Waals surface area (Å²) >= 11 is 3.28. The van der Waals surface area contributed by atoms with E-state index in [9.17, 15) is 15.2 Å². The molecule has 2 rings (SSSR count). The lowest BCUT2D eigenvalue weighted by Crippen LogP contribution is -2.01. The summed E-state index contributed by atoms with van der Waals surface area (Å²) in [6.07, 6.45) is 0. The first-order valence-electron chi connectivity index (χ1n) is 6.05. The van der Waals surface area contributed by atoms with Crippen LogP contribution < -0.4 is 10.1 Å². The fourth-order valence-electron chi connectivity index (χ4n) is 1.83. The minimum Gasteiger partial charge on any atom is -0.504 e. The zero-order valence-corrected chi connectivity index (χ0v) is 12.8. The highest BCUT2D eigenvalue weighted by Crippen LogP contribution is 2.31. The number of para-hydroxylation sites is 1. The van der Waals surface area contributed by atoms with E-state index >= 15 is 0 Å². The third kappa shape index (κ3) is 3.43. The van der Waals surface area contributed by atoms with E-state index in [0.29, 0.717) is 28.0 Å². The summed E-state index contributed by atoms with van der Waals surface area (Å²) in [6, 6.07) is 9.66. The van der Waals surface area contributed by atoms with Crippen molar-refractivity contribution in [2.24, 2.45) is 0 Å². The molecule has 110 valence electrons. The fraction of sp³-hybridized carbons (Fsp3) is 0.143. The maximum Gasteiger partial charge on any atom is 0.270 e. The number of hydrogen-bond acceptors (Lipinski definition) is 5. The zero-order chi connectivity index (χ0) is 15.4. The van der Waals surface area contributed by atoms with E-state index in [1.165, 1.54) is 19.2 Å². The number of nitrogens with one attached hydrogen (secondary N) is 1. The average Bonchev–Trinajstić information content (AvgIpc) is 2.47. The van der Waals surface area contributed by atoms with Crippen LogP contribution in [0.5, 0.6) is 11.5 Å². The minimum absolute atomic E-state index is 0.0108. The highest BCUT2D eigenvalue weighted by Gasteiger charge is 2.10. The molecular weight excluding hydrogens is 340 g/mol. The SMILES string of the molecule is COc1cccc(CNc2ccc([N+](=O)[O-])cc2Br)c1O. The first-order chi connectivity index (χ1) is 10.0. The van der Waals surface area contributed by atoms with Crippen LogP contribution >= 0.6 is 15.9 Å². The van der Waals surface area contributed by atoms with E-state index in [1.54, 1.807) is 24.3 Å². The molecule has 0 heterocycles. The molecule has 21 heavy (non-hydrogen) atoms. The van der Waals surface area contributed by atoms with Gasteiger partial charge in [-0.3, -0.25) is 10.1 Å². The van der Waals surface area contributed by atoms with Gasteiger partial charge in [-0.15, -0.1) is 0 Å². The van der Waals surface area contributed by atoms with Crippen molar-refractivity contribution in [1.29, 1.82) is 0 Å². The molecule has 0 spiro atoms. The molecule has 7 heteroatoms. The monoisotopic (exact) mass is 352 g/mol. The summed E-state index contributed by atoms with van der Waals surface area (Å²) in [5.74, 6) is 0.475. The Hall–Kier alpha value is -2.28. The number of ether oxygens (including phenoxy) is 1. The number of nitro groups is 1. The lowest BCUT2D eigenvalue weighted by atomic mass is 10.2. The second-order valence-corrected chi connectivity index (χ2v) is 5.10. The molecule has 0 aromatic heterocycles. The van der Waals surface area contributed by atoms with Gasteiger partial charge in [0.15, 0.2) is 11.5 Å². The van der Waals surface area contributed by atoms with Gasteiger partial charge in [0, 0.05) is 34.4 Å². The second kappa shape index (κ2) is 6.45. The van der Waals surface area contributed by atoms with Gasteiger partial charge in [0.1, 0.15) is 0 Å². The predicted octanol–water partition coefficient (Wildman–Crippen LogP) is 3.68. The maximum atomic E-state index is 10.7. The quantitative estimate of drug-likeness (QED) is 0.633. The smallest absolute Gasteiger partial charge is 0.270 e. The summed E-state index contributed by atoms with van der Waals surface area (Å²) in [5.41, 5.74) is 1.37. The van der Waals surface area contributed by atoms with Crippen LogP contribution in [0, 0.1) is 10.1 Å². The Bertz CT molecular complexity index is 676. The van der Waals surface area contributed by atoms with Gasteiger partial charge in [0.25, 0.3) is 5.69 Å². The van der Waals surface area contributed by atoms with Crippen LogP contribution in [0.25, 0.3) is 0 Å². The molecule has 0 saturated carbocycles. The van der Waals surface area contributed by atoms with Crippen LogP contribution in [0.1, 0.15) is 5.56 Å². The highest BCUT2D eigenvalue weighted by atomic mass is 79.9. The molecule has 0 aliphatic carbocycles. The van der Waals surface area contributed by atoms with Crippen molar-refractivity contribution in [3.05, 3.63) is 56.5 Å². The van der Waals surface area contributed by atoms with E-state index < -0.39 is 4.92 Å². The number of rotatable bonds is 5. The number of phenolic OH excluding ortho intramolecular Hbond substituents is 1. The van der Waals surface area contributed by atoms with Crippen LogP contribution in [0.2, 0.25) is 0 Å². The predicted molar refractivity (Wildman–Crippen MR) is 82.8 cm³/mol. The lowest BCUT2D eigenvalue weighted by Gasteiger charge is -2.11.